The van der Waals surface area contributed by atoms with E-state index in [0.717, 1.165) is 0 Å². The molecule has 1 amide bonds. The van der Waals surface area contributed by atoms with E-state index < -0.39 is 18.5 Å². The fourth-order valence-electron chi connectivity index (χ4n) is 2.34. The Morgan fingerprint density at radius 2 is 1.81 bits per heavy atom. The zero-order valence-corrected chi connectivity index (χ0v) is 15.1. The highest BCUT2D eigenvalue weighted by molar-refractivity contribution is 6.36. The maximum absolute atomic E-state index is 11.9. The van der Waals surface area contributed by atoms with Crippen LogP contribution in [0.2, 0.25) is 10.0 Å². The Kier molecular flexibility index (Phi) is 5.85. The summed E-state index contributed by atoms with van der Waals surface area (Å²) in [4.78, 5) is 23.8. The summed E-state index contributed by atoms with van der Waals surface area (Å²) in [7, 11) is 0. The second kappa shape index (κ2) is 8.29. The molecule has 2 aromatic carbocycles. The molecule has 0 saturated heterocycles. The molecule has 136 valence electrons. The first kappa shape index (κ1) is 18.4. The Bertz CT molecular complexity index is 840. The normalized spacial score (nSPS) is 12.4. The van der Waals surface area contributed by atoms with E-state index in [-0.39, 0.29) is 6.42 Å². The molecule has 1 N–H and O–H groups in total. The molecule has 2 aromatic rings. The van der Waals surface area contributed by atoms with Gasteiger partial charge in [-0.2, -0.15) is 0 Å². The van der Waals surface area contributed by atoms with E-state index >= 15 is 0 Å². The molecular formula is C18H15Cl2NO5. The van der Waals surface area contributed by atoms with Gasteiger partial charge in [-0.25, -0.2) is 0 Å². The number of ether oxygens (including phenoxy) is 3. The van der Waals surface area contributed by atoms with Gasteiger partial charge in [0.25, 0.3) is 5.91 Å². The number of carbonyl (C=O) groups excluding carboxylic acids is 2. The molecule has 0 unspecified atom stereocenters. The topological polar surface area (TPSA) is 73.9 Å². The van der Waals surface area contributed by atoms with Gasteiger partial charge in [0.2, 0.25) is 0 Å². The van der Waals surface area contributed by atoms with Gasteiger partial charge < -0.3 is 19.5 Å². The lowest BCUT2D eigenvalue weighted by molar-refractivity contribution is -0.146. The molecule has 8 heteroatoms. The average molecular weight is 396 g/mol. The molecule has 0 spiro atoms. The molecule has 0 fully saturated rings. The second-order valence-corrected chi connectivity index (χ2v) is 6.33. The minimum atomic E-state index is -0.529. The third kappa shape index (κ3) is 4.80. The monoisotopic (exact) mass is 395 g/mol. The Morgan fingerprint density at radius 1 is 1.04 bits per heavy atom. The minimum Gasteiger partial charge on any atom is -0.486 e. The van der Waals surface area contributed by atoms with Crippen LogP contribution in [0.1, 0.15) is 5.56 Å². The smallest absolute Gasteiger partial charge is 0.310 e. The Hall–Kier alpha value is -2.44. The summed E-state index contributed by atoms with van der Waals surface area (Å²) in [6.45, 7) is 0.553. The van der Waals surface area contributed by atoms with E-state index in [1.54, 1.807) is 30.3 Å². The molecule has 0 radical (unpaired) electrons. The van der Waals surface area contributed by atoms with Crippen molar-refractivity contribution in [3.8, 4) is 11.5 Å². The number of anilines is 1. The summed E-state index contributed by atoms with van der Waals surface area (Å²) < 4.78 is 15.9. The fraction of sp³-hybridized carbons (Fsp3) is 0.222. The lowest BCUT2D eigenvalue weighted by atomic mass is 10.1. The molecule has 1 aliphatic heterocycles. The third-order valence-electron chi connectivity index (χ3n) is 3.52. The minimum absolute atomic E-state index is 0.0195. The van der Waals surface area contributed by atoms with Crippen molar-refractivity contribution in [2.24, 2.45) is 0 Å². The molecule has 1 aliphatic rings. The molecule has 1 heterocycles. The standard InChI is InChI=1S/C18H15Cl2NO5/c19-12-2-3-14(13(20)9-12)21-17(22)10-26-18(23)8-11-1-4-15-16(7-11)25-6-5-24-15/h1-4,7,9H,5-6,8,10H2,(H,21,22). The number of benzene rings is 2. The highest BCUT2D eigenvalue weighted by atomic mass is 35.5. The van der Waals surface area contributed by atoms with Gasteiger partial charge in [-0.05, 0) is 35.9 Å². The number of fused-ring (bicyclic) bond motifs is 1. The van der Waals surface area contributed by atoms with Crippen LogP contribution in [-0.2, 0) is 20.7 Å². The van der Waals surface area contributed by atoms with Crippen molar-refractivity contribution < 1.29 is 23.8 Å². The maximum Gasteiger partial charge on any atom is 0.310 e. The van der Waals surface area contributed by atoms with E-state index in [2.05, 4.69) is 5.32 Å². The van der Waals surface area contributed by atoms with Gasteiger partial charge in [0.1, 0.15) is 13.2 Å². The lowest BCUT2D eigenvalue weighted by Gasteiger charge is -2.18. The first-order chi connectivity index (χ1) is 12.5. The van der Waals surface area contributed by atoms with Crippen molar-refractivity contribution in [2.75, 3.05) is 25.1 Å². The number of halogens is 2. The van der Waals surface area contributed by atoms with Gasteiger partial charge in [-0.1, -0.05) is 29.3 Å². The molecule has 0 aliphatic carbocycles. The van der Waals surface area contributed by atoms with Crippen LogP contribution in [0.15, 0.2) is 36.4 Å². The second-order valence-electron chi connectivity index (χ2n) is 5.49. The first-order valence-electron chi connectivity index (χ1n) is 7.80. The van der Waals surface area contributed by atoms with Gasteiger partial charge in [-0.3, -0.25) is 9.59 Å². The summed E-state index contributed by atoms with van der Waals surface area (Å²) in [6.07, 6.45) is 0.0195. The molecule has 6 nitrogen and oxygen atoms in total. The Labute approximate surface area is 159 Å². The molecule has 0 saturated carbocycles. The Balaban J connectivity index is 1.50. The van der Waals surface area contributed by atoms with E-state index in [0.29, 0.717) is 46.0 Å². The number of amides is 1. The molecule has 26 heavy (non-hydrogen) atoms. The largest absolute Gasteiger partial charge is 0.486 e. The fourth-order valence-corrected chi connectivity index (χ4v) is 2.79. The van der Waals surface area contributed by atoms with Crippen LogP contribution >= 0.6 is 23.2 Å². The summed E-state index contributed by atoms with van der Waals surface area (Å²) >= 11 is 11.8. The summed E-state index contributed by atoms with van der Waals surface area (Å²) in [5, 5.41) is 3.31. The molecular weight excluding hydrogens is 381 g/mol. The van der Waals surface area contributed by atoms with Crippen LogP contribution in [0.5, 0.6) is 11.5 Å². The van der Waals surface area contributed by atoms with Crippen molar-refractivity contribution in [1.29, 1.82) is 0 Å². The average Bonchev–Trinajstić information content (AvgIpc) is 2.62. The number of hydrogen-bond acceptors (Lipinski definition) is 5. The van der Waals surface area contributed by atoms with Crippen molar-refractivity contribution >= 4 is 40.8 Å². The lowest BCUT2D eigenvalue weighted by Crippen LogP contribution is -2.22. The van der Waals surface area contributed by atoms with Crippen LogP contribution in [0.3, 0.4) is 0 Å². The van der Waals surface area contributed by atoms with Gasteiger partial charge in [0.15, 0.2) is 18.1 Å². The predicted octanol–water partition coefficient (Wildman–Crippen LogP) is 3.49. The van der Waals surface area contributed by atoms with Gasteiger partial charge in [0, 0.05) is 5.02 Å². The quantitative estimate of drug-likeness (QED) is 0.784. The number of rotatable bonds is 5. The number of esters is 1. The molecule has 0 bridgehead atoms. The van der Waals surface area contributed by atoms with Crippen LogP contribution < -0.4 is 14.8 Å². The summed E-state index contributed by atoms with van der Waals surface area (Å²) in [5.41, 5.74) is 1.10. The zero-order chi connectivity index (χ0) is 18.5. The van der Waals surface area contributed by atoms with Crippen LogP contribution in [0.4, 0.5) is 5.69 Å². The summed E-state index contributed by atoms with van der Waals surface area (Å²) in [6, 6.07) is 9.89. The highest BCUT2D eigenvalue weighted by Crippen LogP contribution is 2.31. The van der Waals surface area contributed by atoms with E-state index in [1.165, 1.54) is 6.07 Å². The summed E-state index contributed by atoms with van der Waals surface area (Å²) in [5.74, 6) is 0.216. The van der Waals surface area contributed by atoms with Gasteiger partial charge in [0.05, 0.1) is 17.1 Å². The van der Waals surface area contributed by atoms with Crippen LogP contribution in [0.25, 0.3) is 0 Å². The van der Waals surface area contributed by atoms with Crippen LogP contribution in [-0.4, -0.2) is 31.7 Å². The van der Waals surface area contributed by atoms with Crippen LogP contribution in [0, 0.1) is 0 Å². The predicted molar refractivity (Wildman–Crippen MR) is 97.2 cm³/mol. The van der Waals surface area contributed by atoms with E-state index in [1.807, 2.05) is 0 Å². The first-order valence-corrected chi connectivity index (χ1v) is 8.56. The molecule has 0 atom stereocenters. The SMILES string of the molecule is O=C(COC(=O)Cc1ccc2c(c1)OCCO2)Nc1ccc(Cl)cc1Cl. The van der Waals surface area contributed by atoms with Gasteiger partial charge in [-0.15, -0.1) is 0 Å². The Morgan fingerprint density at radius 3 is 2.58 bits per heavy atom. The van der Waals surface area contributed by atoms with Crippen molar-refractivity contribution in [2.45, 2.75) is 6.42 Å². The zero-order valence-electron chi connectivity index (χ0n) is 13.6. The van der Waals surface area contributed by atoms with E-state index in [4.69, 9.17) is 37.4 Å². The molecule has 3 rings (SSSR count). The maximum atomic E-state index is 11.9. The number of nitrogens with one attached hydrogen (secondary N) is 1. The number of carbonyl (C=O) groups is 2. The van der Waals surface area contributed by atoms with E-state index in [9.17, 15) is 9.59 Å². The van der Waals surface area contributed by atoms with Crippen molar-refractivity contribution in [1.82, 2.24) is 0 Å². The molecule has 0 aromatic heterocycles. The third-order valence-corrected chi connectivity index (χ3v) is 4.07. The highest BCUT2D eigenvalue weighted by Gasteiger charge is 2.15. The van der Waals surface area contributed by atoms with Gasteiger partial charge >= 0.3 is 5.97 Å². The van der Waals surface area contributed by atoms with Crippen molar-refractivity contribution in [3.05, 3.63) is 52.0 Å². The number of hydrogen-bond donors (Lipinski definition) is 1. The van der Waals surface area contributed by atoms with Crippen molar-refractivity contribution in [3.63, 3.8) is 0 Å².